The largest absolute Gasteiger partial charge is 0.493 e. The van der Waals surface area contributed by atoms with Gasteiger partial charge in [-0.2, -0.15) is 0 Å². The van der Waals surface area contributed by atoms with Crippen LogP contribution >= 0.6 is 0 Å². The first-order valence-corrected chi connectivity index (χ1v) is 5.91. The zero-order chi connectivity index (χ0) is 11.5. The van der Waals surface area contributed by atoms with Crippen LogP contribution in [-0.4, -0.2) is 12.4 Å². The SMILES string of the molecule is CC(=O)c1ccccc1OCC1CCC1C. The number of rotatable bonds is 4. The third-order valence-corrected chi connectivity index (χ3v) is 3.52. The highest BCUT2D eigenvalue weighted by Gasteiger charge is 2.27. The maximum atomic E-state index is 11.4. The van der Waals surface area contributed by atoms with E-state index in [1.165, 1.54) is 12.8 Å². The Morgan fingerprint density at radius 1 is 1.38 bits per heavy atom. The average Bonchev–Trinajstić information content (AvgIpc) is 2.27. The van der Waals surface area contributed by atoms with Crippen molar-refractivity contribution < 1.29 is 9.53 Å². The minimum absolute atomic E-state index is 0.0669. The molecule has 1 fully saturated rings. The summed E-state index contributed by atoms with van der Waals surface area (Å²) in [6, 6.07) is 7.48. The van der Waals surface area contributed by atoms with Gasteiger partial charge in [-0.1, -0.05) is 19.1 Å². The van der Waals surface area contributed by atoms with Crippen LogP contribution in [0.4, 0.5) is 0 Å². The van der Waals surface area contributed by atoms with Gasteiger partial charge in [0.05, 0.1) is 12.2 Å². The number of carbonyl (C=O) groups excluding carboxylic acids is 1. The molecule has 0 spiro atoms. The Balaban J connectivity index is 2.00. The molecule has 0 amide bonds. The number of hydrogen-bond acceptors (Lipinski definition) is 2. The molecule has 0 bridgehead atoms. The first-order valence-electron chi connectivity index (χ1n) is 5.91. The Kier molecular flexibility index (Phi) is 3.28. The maximum Gasteiger partial charge on any atom is 0.163 e. The summed E-state index contributed by atoms with van der Waals surface area (Å²) in [5.41, 5.74) is 0.689. The first-order chi connectivity index (χ1) is 7.68. The van der Waals surface area contributed by atoms with Crippen molar-refractivity contribution >= 4 is 5.78 Å². The smallest absolute Gasteiger partial charge is 0.163 e. The second kappa shape index (κ2) is 4.69. The van der Waals surface area contributed by atoms with Crippen molar-refractivity contribution in [3.05, 3.63) is 29.8 Å². The summed E-state index contributed by atoms with van der Waals surface area (Å²) in [5.74, 6) is 2.23. The predicted molar refractivity (Wildman–Crippen MR) is 63.8 cm³/mol. The normalized spacial score (nSPS) is 23.6. The Bertz CT molecular complexity index is 384. The van der Waals surface area contributed by atoms with Gasteiger partial charge in [0.25, 0.3) is 0 Å². The molecular weight excluding hydrogens is 200 g/mol. The number of Topliss-reactive ketones (excluding diaryl/α,β-unsaturated/α-hetero) is 1. The summed E-state index contributed by atoms with van der Waals surface area (Å²) in [4.78, 5) is 11.4. The molecule has 1 aromatic carbocycles. The number of benzene rings is 1. The number of ether oxygens (including phenoxy) is 1. The van der Waals surface area contributed by atoms with Crippen molar-refractivity contribution in [2.75, 3.05) is 6.61 Å². The van der Waals surface area contributed by atoms with Crippen molar-refractivity contribution in [3.63, 3.8) is 0 Å². The Labute approximate surface area is 96.6 Å². The van der Waals surface area contributed by atoms with Crippen LogP contribution in [0, 0.1) is 11.8 Å². The van der Waals surface area contributed by atoms with Crippen molar-refractivity contribution in [1.29, 1.82) is 0 Å². The van der Waals surface area contributed by atoms with Crippen LogP contribution in [-0.2, 0) is 0 Å². The molecule has 16 heavy (non-hydrogen) atoms. The summed E-state index contributed by atoms with van der Waals surface area (Å²) in [5, 5.41) is 0. The fraction of sp³-hybridized carbons (Fsp3) is 0.500. The molecule has 0 heterocycles. The van der Waals surface area contributed by atoms with E-state index in [1.54, 1.807) is 6.92 Å². The summed E-state index contributed by atoms with van der Waals surface area (Å²) in [6.07, 6.45) is 2.56. The molecule has 2 rings (SSSR count). The summed E-state index contributed by atoms with van der Waals surface area (Å²) < 4.78 is 5.75. The van der Waals surface area contributed by atoms with Crippen LogP contribution in [0.3, 0.4) is 0 Å². The molecular formula is C14H18O2. The van der Waals surface area contributed by atoms with Crippen molar-refractivity contribution in [3.8, 4) is 5.75 Å². The van der Waals surface area contributed by atoms with E-state index >= 15 is 0 Å². The molecule has 1 aromatic rings. The fourth-order valence-corrected chi connectivity index (χ4v) is 2.06. The fourth-order valence-electron chi connectivity index (χ4n) is 2.06. The minimum atomic E-state index is 0.0669. The lowest BCUT2D eigenvalue weighted by molar-refractivity contribution is 0.0992. The van der Waals surface area contributed by atoms with Gasteiger partial charge >= 0.3 is 0 Å². The van der Waals surface area contributed by atoms with Gasteiger partial charge in [-0.05, 0) is 43.7 Å². The molecule has 0 aromatic heterocycles. The van der Waals surface area contributed by atoms with Gasteiger partial charge < -0.3 is 4.74 Å². The van der Waals surface area contributed by atoms with Crippen LogP contribution in [0.25, 0.3) is 0 Å². The third kappa shape index (κ3) is 2.26. The van der Waals surface area contributed by atoms with E-state index in [4.69, 9.17) is 4.74 Å². The number of hydrogen-bond donors (Lipinski definition) is 0. The van der Waals surface area contributed by atoms with Gasteiger partial charge in [0.2, 0.25) is 0 Å². The maximum absolute atomic E-state index is 11.4. The predicted octanol–water partition coefficient (Wildman–Crippen LogP) is 3.31. The molecule has 2 heteroatoms. The van der Waals surface area contributed by atoms with Crippen LogP contribution in [0.15, 0.2) is 24.3 Å². The van der Waals surface area contributed by atoms with E-state index < -0.39 is 0 Å². The Morgan fingerprint density at radius 3 is 2.69 bits per heavy atom. The summed E-state index contributed by atoms with van der Waals surface area (Å²) in [6.45, 7) is 4.58. The van der Waals surface area contributed by atoms with E-state index in [2.05, 4.69) is 6.92 Å². The molecule has 1 saturated carbocycles. The second-order valence-electron chi connectivity index (χ2n) is 4.68. The quantitative estimate of drug-likeness (QED) is 0.725. The van der Waals surface area contributed by atoms with E-state index in [0.29, 0.717) is 11.5 Å². The third-order valence-electron chi connectivity index (χ3n) is 3.52. The minimum Gasteiger partial charge on any atom is -0.493 e. The van der Waals surface area contributed by atoms with E-state index in [1.807, 2.05) is 24.3 Å². The highest BCUT2D eigenvalue weighted by atomic mass is 16.5. The van der Waals surface area contributed by atoms with Gasteiger partial charge in [0.15, 0.2) is 5.78 Å². The molecule has 0 aliphatic heterocycles. The summed E-state index contributed by atoms with van der Waals surface area (Å²) in [7, 11) is 0. The van der Waals surface area contributed by atoms with Gasteiger partial charge in [-0.3, -0.25) is 4.79 Å². The standard InChI is InChI=1S/C14H18O2/c1-10-7-8-12(10)9-16-14-6-4-3-5-13(14)11(2)15/h3-6,10,12H,7-9H2,1-2H3. The topological polar surface area (TPSA) is 26.3 Å². The number of para-hydroxylation sites is 1. The molecule has 2 unspecified atom stereocenters. The van der Waals surface area contributed by atoms with Gasteiger partial charge in [-0.15, -0.1) is 0 Å². The van der Waals surface area contributed by atoms with Gasteiger partial charge in [0, 0.05) is 0 Å². The van der Waals surface area contributed by atoms with E-state index in [-0.39, 0.29) is 5.78 Å². The van der Waals surface area contributed by atoms with E-state index in [0.717, 1.165) is 18.3 Å². The molecule has 86 valence electrons. The van der Waals surface area contributed by atoms with Gasteiger partial charge in [-0.25, -0.2) is 0 Å². The molecule has 1 aliphatic rings. The molecule has 2 atom stereocenters. The zero-order valence-corrected chi connectivity index (χ0v) is 9.90. The van der Waals surface area contributed by atoms with Crippen LogP contribution in [0.2, 0.25) is 0 Å². The highest BCUT2D eigenvalue weighted by molar-refractivity contribution is 5.96. The van der Waals surface area contributed by atoms with Crippen LogP contribution < -0.4 is 4.74 Å². The molecule has 0 N–H and O–H groups in total. The molecule has 1 aliphatic carbocycles. The highest BCUT2D eigenvalue weighted by Crippen LogP contribution is 2.34. The van der Waals surface area contributed by atoms with E-state index in [9.17, 15) is 4.79 Å². The van der Waals surface area contributed by atoms with Crippen molar-refractivity contribution in [2.24, 2.45) is 11.8 Å². The molecule has 0 radical (unpaired) electrons. The van der Waals surface area contributed by atoms with Crippen molar-refractivity contribution in [1.82, 2.24) is 0 Å². The first kappa shape index (κ1) is 11.2. The lowest BCUT2D eigenvalue weighted by Gasteiger charge is -2.33. The molecule has 0 saturated heterocycles. The zero-order valence-electron chi connectivity index (χ0n) is 9.90. The Morgan fingerprint density at radius 2 is 2.12 bits per heavy atom. The molecule has 2 nitrogen and oxygen atoms in total. The lowest BCUT2D eigenvalue weighted by Crippen LogP contribution is -2.28. The summed E-state index contributed by atoms with van der Waals surface area (Å²) >= 11 is 0. The number of carbonyl (C=O) groups is 1. The van der Waals surface area contributed by atoms with Crippen molar-refractivity contribution in [2.45, 2.75) is 26.7 Å². The Hall–Kier alpha value is -1.31. The second-order valence-corrected chi connectivity index (χ2v) is 4.68. The average molecular weight is 218 g/mol. The number of ketones is 1. The van der Waals surface area contributed by atoms with Crippen LogP contribution in [0.1, 0.15) is 37.0 Å². The van der Waals surface area contributed by atoms with Gasteiger partial charge in [0.1, 0.15) is 5.75 Å². The lowest BCUT2D eigenvalue weighted by atomic mass is 9.75. The van der Waals surface area contributed by atoms with Crippen LogP contribution in [0.5, 0.6) is 5.75 Å². The monoisotopic (exact) mass is 218 g/mol.